The standard InChI is InChI=1S/C16H20N6OS/c1-3-13-19-14-5-4-11(8-21(14)20-13)17-7-12-6-15(23)22-10(2)9-24-16(22)18-12/h6,9,11,17H,3-5,7-8H2,1-2H3/t11-/m1/s1. The van der Waals surface area contributed by atoms with Gasteiger partial charge in [0.25, 0.3) is 5.56 Å². The fourth-order valence-electron chi connectivity index (χ4n) is 3.12. The summed E-state index contributed by atoms with van der Waals surface area (Å²) in [4.78, 5) is 22.1. The molecule has 3 aromatic heterocycles. The van der Waals surface area contributed by atoms with Crippen molar-refractivity contribution in [2.24, 2.45) is 0 Å². The summed E-state index contributed by atoms with van der Waals surface area (Å²) in [6.45, 7) is 5.41. The fourth-order valence-corrected chi connectivity index (χ4v) is 4.01. The minimum Gasteiger partial charge on any atom is -0.307 e. The summed E-state index contributed by atoms with van der Waals surface area (Å²) >= 11 is 1.50. The lowest BCUT2D eigenvalue weighted by atomic mass is 10.1. The molecule has 24 heavy (non-hydrogen) atoms. The predicted molar refractivity (Wildman–Crippen MR) is 92.4 cm³/mol. The summed E-state index contributed by atoms with van der Waals surface area (Å²) in [5.74, 6) is 2.00. The maximum Gasteiger partial charge on any atom is 0.259 e. The molecule has 0 bridgehead atoms. The Morgan fingerprint density at radius 3 is 3.12 bits per heavy atom. The van der Waals surface area contributed by atoms with Crippen molar-refractivity contribution in [1.29, 1.82) is 0 Å². The van der Waals surface area contributed by atoms with Gasteiger partial charge in [-0.3, -0.25) is 9.20 Å². The van der Waals surface area contributed by atoms with E-state index in [-0.39, 0.29) is 5.56 Å². The number of nitrogens with one attached hydrogen (secondary N) is 1. The Bertz CT molecular complexity index is 940. The number of hydrogen-bond donors (Lipinski definition) is 1. The molecule has 1 aliphatic rings. The predicted octanol–water partition coefficient (Wildman–Crippen LogP) is 1.32. The molecule has 8 heteroatoms. The summed E-state index contributed by atoms with van der Waals surface area (Å²) < 4.78 is 3.66. The summed E-state index contributed by atoms with van der Waals surface area (Å²) in [6, 6.07) is 1.95. The van der Waals surface area contributed by atoms with Crippen LogP contribution in [0.4, 0.5) is 0 Å². The Morgan fingerprint density at radius 2 is 2.29 bits per heavy atom. The van der Waals surface area contributed by atoms with E-state index < -0.39 is 0 Å². The molecule has 0 radical (unpaired) electrons. The van der Waals surface area contributed by atoms with Crippen LogP contribution >= 0.6 is 11.3 Å². The van der Waals surface area contributed by atoms with Gasteiger partial charge in [0.15, 0.2) is 10.8 Å². The number of aryl methyl sites for hydroxylation is 3. The molecular formula is C16H20N6OS. The van der Waals surface area contributed by atoms with Gasteiger partial charge >= 0.3 is 0 Å². The molecule has 0 saturated heterocycles. The summed E-state index contributed by atoms with van der Waals surface area (Å²) in [5, 5.41) is 10.00. The molecule has 1 atom stereocenters. The highest BCUT2D eigenvalue weighted by Gasteiger charge is 2.21. The molecular weight excluding hydrogens is 324 g/mol. The van der Waals surface area contributed by atoms with Crippen molar-refractivity contribution in [3.8, 4) is 0 Å². The van der Waals surface area contributed by atoms with E-state index in [1.165, 1.54) is 11.3 Å². The van der Waals surface area contributed by atoms with Crippen LogP contribution in [0.25, 0.3) is 4.96 Å². The van der Waals surface area contributed by atoms with Gasteiger partial charge in [-0.25, -0.2) is 14.6 Å². The third-order valence-corrected chi connectivity index (χ3v) is 5.36. The van der Waals surface area contributed by atoms with Crippen molar-refractivity contribution in [2.75, 3.05) is 0 Å². The van der Waals surface area contributed by atoms with Crippen LogP contribution in [0.5, 0.6) is 0 Å². The number of aromatic nitrogens is 5. The molecule has 126 valence electrons. The lowest BCUT2D eigenvalue weighted by molar-refractivity contribution is 0.356. The normalized spacial score (nSPS) is 17.3. The van der Waals surface area contributed by atoms with Crippen LogP contribution in [0.15, 0.2) is 16.2 Å². The number of thiazole rings is 1. The van der Waals surface area contributed by atoms with E-state index in [2.05, 4.69) is 27.3 Å². The molecule has 4 rings (SSSR count). The van der Waals surface area contributed by atoms with E-state index in [0.717, 1.165) is 53.8 Å². The number of nitrogens with zero attached hydrogens (tertiary/aromatic N) is 5. The van der Waals surface area contributed by atoms with E-state index >= 15 is 0 Å². The first-order valence-electron chi connectivity index (χ1n) is 8.27. The van der Waals surface area contributed by atoms with Crippen LogP contribution in [-0.2, 0) is 25.9 Å². The van der Waals surface area contributed by atoms with E-state index in [9.17, 15) is 4.79 Å². The van der Waals surface area contributed by atoms with Crippen molar-refractivity contribution in [1.82, 2.24) is 29.5 Å². The highest BCUT2D eigenvalue weighted by atomic mass is 32.1. The third-order valence-electron chi connectivity index (χ3n) is 4.42. The van der Waals surface area contributed by atoms with Gasteiger partial charge in [-0.2, -0.15) is 5.10 Å². The van der Waals surface area contributed by atoms with Gasteiger partial charge in [-0.15, -0.1) is 11.3 Å². The average Bonchev–Trinajstić information content (AvgIpc) is 3.16. The van der Waals surface area contributed by atoms with Crippen molar-refractivity contribution in [3.05, 3.63) is 44.8 Å². The molecule has 1 N–H and O–H groups in total. The molecule has 0 aromatic carbocycles. The van der Waals surface area contributed by atoms with Gasteiger partial charge < -0.3 is 5.32 Å². The molecule has 3 aromatic rings. The molecule has 1 aliphatic heterocycles. The van der Waals surface area contributed by atoms with Crippen LogP contribution in [0.1, 0.15) is 36.4 Å². The minimum atomic E-state index is -0.00894. The Labute approximate surface area is 143 Å². The molecule has 7 nitrogen and oxygen atoms in total. The second-order valence-electron chi connectivity index (χ2n) is 6.18. The van der Waals surface area contributed by atoms with Gasteiger partial charge in [0, 0.05) is 42.6 Å². The lowest BCUT2D eigenvalue weighted by Crippen LogP contribution is -2.37. The van der Waals surface area contributed by atoms with E-state index in [0.29, 0.717) is 12.6 Å². The molecule has 0 fully saturated rings. The quantitative estimate of drug-likeness (QED) is 0.772. The van der Waals surface area contributed by atoms with Gasteiger partial charge in [-0.1, -0.05) is 6.92 Å². The molecule has 0 aliphatic carbocycles. The number of fused-ring (bicyclic) bond motifs is 2. The van der Waals surface area contributed by atoms with Crippen molar-refractivity contribution < 1.29 is 0 Å². The second kappa shape index (κ2) is 6.10. The highest BCUT2D eigenvalue weighted by molar-refractivity contribution is 7.15. The van der Waals surface area contributed by atoms with Gasteiger partial charge in [0.2, 0.25) is 0 Å². The van der Waals surface area contributed by atoms with Crippen molar-refractivity contribution >= 4 is 16.3 Å². The first-order chi connectivity index (χ1) is 11.6. The van der Waals surface area contributed by atoms with E-state index in [1.807, 2.05) is 17.0 Å². The monoisotopic (exact) mass is 344 g/mol. The first kappa shape index (κ1) is 15.5. The van der Waals surface area contributed by atoms with Crippen LogP contribution in [0, 0.1) is 6.92 Å². The number of rotatable bonds is 4. The van der Waals surface area contributed by atoms with Crippen LogP contribution in [-0.4, -0.2) is 30.2 Å². The zero-order chi connectivity index (χ0) is 16.7. The zero-order valence-electron chi connectivity index (χ0n) is 13.8. The SMILES string of the molecule is CCc1nc2n(n1)C[C@H](NCc1cc(=O)n3c(C)csc3n1)CC2. The van der Waals surface area contributed by atoms with E-state index in [4.69, 9.17) is 0 Å². The Morgan fingerprint density at radius 1 is 1.42 bits per heavy atom. The smallest absolute Gasteiger partial charge is 0.259 e. The Hall–Kier alpha value is -2.06. The van der Waals surface area contributed by atoms with Gasteiger partial charge in [0.05, 0.1) is 12.2 Å². The van der Waals surface area contributed by atoms with Crippen LogP contribution in [0.2, 0.25) is 0 Å². The zero-order valence-corrected chi connectivity index (χ0v) is 14.6. The van der Waals surface area contributed by atoms with Crippen LogP contribution in [0.3, 0.4) is 0 Å². The highest BCUT2D eigenvalue weighted by Crippen LogP contribution is 2.15. The number of hydrogen-bond acceptors (Lipinski definition) is 6. The Balaban J connectivity index is 1.46. The summed E-state index contributed by atoms with van der Waals surface area (Å²) in [6.07, 6.45) is 2.83. The second-order valence-corrected chi connectivity index (χ2v) is 7.01. The molecule has 0 amide bonds. The minimum absolute atomic E-state index is 0.00894. The largest absolute Gasteiger partial charge is 0.307 e. The third kappa shape index (κ3) is 2.76. The van der Waals surface area contributed by atoms with E-state index in [1.54, 1.807) is 10.5 Å². The maximum absolute atomic E-state index is 12.2. The summed E-state index contributed by atoms with van der Waals surface area (Å²) in [7, 11) is 0. The molecule has 0 unspecified atom stereocenters. The maximum atomic E-state index is 12.2. The topological polar surface area (TPSA) is 77.1 Å². The summed E-state index contributed by atoms with van der Waals surface area (Å²) in [5.41, 5.74) is 1.72. The average molecular weight is 344 g/mol. The van der Waals surface area contributed by atoms with Gasteiger partial charge in [-0.05, 0) is 13.3 Å². The fraction of sp³-hybridized carbons (Fsp3) is 0.500. The van der Waals surface area contributed by atoms with Crippen molar-refractivity contribution in [3.63, 3.8) is 0 Å². The first-order valence-corrected chi connectivity index (χ1v) is 9.14. The van der Waals surface area contributed by atoms with Crippen LogP contribution < -0.4 is 10.9 Å². The molecule has 0 spiro atoms. The Kier molecular flexibility index (Phi) is 3.93. The lowest BCUT2D eigenvalue weighted by Gasteiger charge is -2.23. The molecule has 0 saturated carbocycles. The van der Waals surface area contributed by atoms with Crippen molar-refractivity contribution in [2.45, 2.75) is 52.2 Å². The molecule has 4 heterocycles. The van der Waals surface area contributed by atoms with Gasteiger partial charge in [0.1, 0.15) is 5.82 Å².